The molecule has 0 fully saturated rings. The Morgan fingerprint density at radius 1 is 1.21 bits per heavy atom. The number of ether oxygens (including phenoxy) is 1. The molecule has 14 heavy (non-hydrogen) atoms. The second-order valence-electron chi connectivity index (χ2n) is 4.50. The van der Waals surface area contributed by atoms with Crippen molar-refractivity contribution < 1.29 is 4.74 Å². The first kappa shape index (κ1) is 11.3. The van der Waals surface area contributed by atoms with Crippen molar-refractivity contribution in [1.82, 2.24) is 0 Å². The molecule has 0 spiro atoms. The van der Waals surface area contributed by atoms with Crippen molar-refractivity contribution in [3.05, 3.63) is 35.9 Å². The van der Waals surface area contributed by atoms with Gasteiger partial charge in [0.1, 0.15) is 0 Å². The summed E-state index contributed by atoms with van der Waals surface area (Å²) >= 11 is 0. The Hall–Kier alpha value is -0.820. The third-order valence-electron chi connectivity index (χ3n) is 2.76. The second-order valence-corrected chi connectivity index (χ2v) is 4.50. The fourth-order valence-electron chi connectivity index (χ4n) is 1.81. The number of rotatable bonds is 4. The topological polar surface area (TPSA) is 9.23 Å². The van der Waals surface area contributed by atoms with Gasteiger partial charge >= 0.3 is 0 Å². The van der Waals surface area contributed by atoms with Crippen LogP contribution in [0, 0.1) is 0 Å². The first-order valence-electron chi connectivity index (χ1n) is 5.14. The van der Waals surface area contributed by atoms with Gasteiger partial charge in [-0.3, -0.25) is 0 Å². The molecular formula is C13H20O. The molecule has 1 aromatic rings. The molecule has 0 saturated heterocycles. The van der Waals surface area contributed by atoms with E-state index < -0.39 is 0 Å². The molecule has 78 valence electrons. The SMILES string of the molecule is CO[C@H](C)CC(C)(C)c1ccccc1. The monoisotopic (exact) mass is 192 g/mol. The molecule has 1 nitrogen and oxygen atoms in total. The van der Waals surface area contributed by atoms with Crippen LogP contribution >= 0.6 is 0 Å². The fraction of sp³-hybridized carbons (Fsp3) is 0.538. The van der Waals surface area contributed by atoms with Crippen LogP contribution in [0.15, 0.2) is 30.3 Å². The average molecular weight is 192 g/mol. The fourth-order valence-corrected chi connectivity index (χ4v) is 1.81. The zero-order valence-corrected chi connectivity index (χ0v) is 9.58. The normalized spacial score (nSPS) is 14.0. The molecule has 0 radical (unpaired) electrons. The van der Waals surface area contributed by atoms with Gasteiger partial charge < -0.3 is 4.74 Å². The minimum Gasteiger partial charge on any atom is -0.382 e. The predicted molar refractivity (Wildman–Crippen MR) is 60.6 cm³/mol. The third kappa shape index (κ3) is 2.85. The highest BCUT2D eigenvalue weighted by atomic mass is 16.5. The zero-order valence-electron chi connectivity index (χ0n) is 9.58. The first-order chi connectivity index (χ1) is 6.56. The van der Waals surface area contributed by atoms with Gasteiger partial charge in [-0.25, -0.2) is 0 Å². The van der Waals surface area contributed by atoms with E-state index >= 15 is 0 Å². The van der Waals surface area contributed by atoms with E-state index in [0.29, 0.717) is 6.10 Å². The highest BCUT2D eigenvalue weighted by Gasteiger charge is 2.22. The van der Waals surface area contributed by atoms with Gasteiger partial charge in [0.2, 0.25) is 0 Å². The second kappa shape index (κ2) is 4.61. The summed E-state index contributed by atoms with van der Waals surface area (Å²) < 4.78 is 5.31. The van der Waals surface area contributed by atoms with Crippen LogP contribution in [0.2, 0.25) is 0 Å². The number of hydrogen-bond donors (Lipinski definition) is 0. The van der Waals surface area contributed by atoms with E-state index in [-0.39, 0.29) is 5.41 Å². The summed E-state index contributed by atoms with van der Waals surface area (Å²) in [6.45, 7) is 6.64. The standard InChI is InChI=1S/C13H20O/c1-11(14-4)10-13(2,3)12-8-6-5-7-9-12/h5-9,11H,10H2,1-4H3/t11-/m1/s1. The molecule has 1 heteroatoms. The molecule has 1 atom stereocenters. The van der Waals surface area contributed by atoms with E-state index in [1.54, 1.807) is 7.11 Å². The number of methoxy groups -OCH3 is 1. The first-order valence-corrected chi connectivity index (χ1v) is 5.14. The Bertz CT molecular complexity index is 264. The smallest absolute Gasteiger partial charge is 0.0551 e. The van der Waals surface area contributed by atoms with Crippen molar-refractivity contribution in [3.8, 4) is 0 Å². The molecule has 1 aromatic carbocycles. The van der Waals surface area contributed by atoms with Crippen LogP contribution in [-0.2, 0) is 10.2 Å². The van der Waals surface area contributed by atoms with Crippen LogP contribution in [0.25, 0.3) is 0 Å². The molecule has 0 aliphatic heterocycles. The molecule has 0 heterocycles. The zero-order chi connectivity index (χ0) is 10.6. The van der Waals surface area contributed by atoms with Crippen molar-refractivity contribution in [2.45, 2.75) is 38.7 Å². The van der Waals surface area contributed by atoms with Crippen LogP contribution in [0.1, 0.15) is 32.8 Å². The van der Waals surface area contributed by atoms with Gasteiger partial charge in [-0.1, -0.05) is 44.2 Å². The van der Waals surface area contributed by atoms with Crippen LogP contribution in [0.4, 0.5) is 0 Å². The highest BCUT2D eigenvalue weighted by Crippen LogP contribution is 2.28. The van der Waals surface area contributed by atoms with E-state index in [4.69, 9.17) is 4.74 Å². The van der Waals surface area contributed by atoms with Gasteiger partial charge in [0.25, 0.3) is 0 Å². The molecule has 0 aliphatic carbocycles. The van der Waals surface area contributed by atoms with E-state index in [1.807, 2.05) is 0 Å². The van der Waals surface area contributed by atoms with Crippen LogP contribution in [0.3, 0.4) is 0 Å². The van der Waals surface area contributed by atoms with Crippen molar-refractivity contribution in [2.24, 2.45) is 0 Å². The minimum atomic E-state index is 0.191. The van der Waals surface area contributed by atoms with E-state index in [1.165, 1.54) is 5.56 Å². The van der Waals surface area contributed by atoms with Gasteiger partial charge in [-0.15, -0.1) is 0 Å². The average Bonchev–Trinajstić information content (AvgIpc) is 2.18. The quantitative estimate of drug-likeness (QED) is 0.710. The molecular weight excluding hydrogens is 172 g/mol. The minimum absolute atomic E-state index is 0.191. The molecule has 0 saturated carbocycles. The lowest BCUT2D eigenvalue weighted by atomic mass is 9.80. The van der Waals surface area contributed by atoms with Gasteiger partial charge in [-0.2, -0.15) is 0 Å². The lowest BCUT2D eigenvalue weighted by Gasteiger charge is -2.28. The van der Waals surface area contributed by atoms with Gasteiger partial charge in [-0.05, 0) is 24.3 Å². The Morgan fingerprint density at radius 2 is 1.79 bits per heavy atom. The lowest BCUT2D eigenvalue weighted by Crippen LogP contribution is -2.24. The lowest BCUT2D eigenvalue weighted by molar-refractivity contribution is 0.0927. The molecule has 0 N–H and O–H groups in total. The van der Waals surface area contributed by atoms with Gasteiger partial charge in [0, 0.05) is 7.11 Å². The van der Waals surface area contributed by atoms with Crippen molar-refractivity contribution in [3.63, 3.8) is 0 Å². The maximum Gasteiger partial charge on any atom is 0.0551 e. The van der Waals surface area contributed by atoms with Crippen LogP contribution < -0.4 is 0 Å². The summed E-state index contributed by atoms with van der Waals surface area (Å²) in [5, 5.41) is 0. The molecule has 0 aliphatic rings. The highest BCUT2D eigenvalue weighted by molar-refractivity contribution is 5.23. The molecule has 0 unspecified atom stereocenters. The van der Waals surface area contributed by atoms with Gasteiger partial charge in [0.05, 0.1) is 6.10 Å². The summed E-state index contributed by atoms with van der Waals surface area (Å²) in [6.07, 6.45) is 1.36. The predicted octanol–water partition coefficient (Wildman–Crippen LogP) is 3.39. The Kier molecular flexibility index (Phi) is 3.70. The summed E-state index contributed by atoms with van der Waals surface area (Å²) in [5.74, 6) is 0. The van der Waals surface area contributed by atoms with E-state index in [2.05, 4.69) is 51.1 Å². The van der Waals surface area contributed by atoms with Crippen molar-refractivity contribution >= 4 is 0 Å². The molecule has 0 bridgehead atoms. The van der Waals surface area contributed by atoms with Crippen LogP contribution in [-0.4, -0.2) is 13.2 Å². The maximum absolute atomic E-state index is 5.31. The Balaban J connectivity index is 2.75. The molecule has 0 amide bonds. The maximum atomic E-state index is 5.31. The third-order valence-corrected chi connectivity index (χ3v) is 2.76. The summed E-state index contributed by atoms with van der Waals surface area (Å²) in [4.78, 5) is 0. The molecule has 1 rings (SSSR count). The largest absolute Gasteiger partial charge is 0.382 e. The summed E-state index contributed by atoms with van der Waals surface area (Å²) in [7, 11) is 1.77. The van der Waals surface area contributed by atoms with Crippen LogP contribution in [0.5, 0.6) is 0 Å². The summed E-state index contributed by atoms with van der Waals surface area (Å²) in [6, 6.07) is 10.6. The van der Waals surface area contributed by atoms with Crippen molar-refractivity contribution in [1.29, 1.82) is 0 Å². The van der Waals surface area contributed by atoms with E-state index in [9.17, 15) is 0 Å². The number of benzene rings is 1. The number of hydrogen-bond acceptors (Lipinski definition) is 1. The Labute approximate surface area is 87.1 Å². The van der Waals surface area contributed by atoms with Crippen molar-refractivity contribution in [2.75, 3.05) is 7.11 Å². The Morgan fingerprint density at radius 3 is 2.29 bits per heavy atom. The molecule has 0 aromatic heterocycles. The summed E-state index contributed by atoms with van der Waals surface area (Å²) in [5.41, 5.74) is 1.57. The van der Waals surface area contributed by atoms with Gasteiger partial charge in [0.15, 0.2) is 0 Å². The van der Waals surface area contributed by atoms with E-state index in [0.717, 1.165) is 6.42 Å².